The summed E-state index contributed by atoms with van der Waals surface area (Å²) >= 11 is 0.688. The smallest absolute Gasteiger partial charge is 0.425 e. The van der Waals surface area contributed by atoms with E-state index in [4.69, 9.17) is 15.6 Å². The van der Waals surface area contributed by atoms with Gasteiger partial charge in [0, 0.05) is 37.0 Å². The lowest BCUT2D eigenvalue weighted by atomic mass is 9.84. The van der Waals surface area contributed by atoms with Crippen molar-refractivity contribution in [2.45, 2.75) is 43.9 Å². The molecule has 3 unspecified atom stereocenters. The number of thiophene rings is 1. The van der Waals surface area contributed by atoms with Crippen LogP contribution in [0.1, 0.15) is 35.4 Å². The monoisotopic (exact) mass is 379 g/mol. The number of aliphatic hydroxyl groups is 1. The molecule has 1 saturated heterocycles. The van der Waals surface area contributed by atoms with E-state index >= 15 is 0 Å². The Balaban J connectivity index is 2.36. The van der Waals surface area contributed by atoms with Crippen molar-refractivity contribution >= 4 is 11.3 Å². The molecule has 1 aromatic heterocycles. The first-order valence-corrected chi connectivity index (χ1v) is 8.80. The first-order valence-electron chi connectivity index (χ1n) is 7.98. The van der Waals surface area contributed by atoms with Crippen LogP contribution < -0.4 is 15.8 Å². The second kappa shape index (κ2) is 7.84. The van der Waals surface area contributed by atoms with Gasteiger partial charge in [-0.05, 0) is 26.8 Å². The summed E-state index contributed by atoms with van der Waals surface area (Å²) in [6.45, 7) is 1.37. The van der Waals surface area contributed by atoms with Gasteiger partial charge in [-0.1, -0.05) is 0 Å². The fourth-order valence-corrected chi connectivity index (χ4v) is 4.36. The van der Waals surface area contributed by atoms with Crippen LogP contribution in [0.25, 0.3) is 0 Å². The van der Waals surface area contributed by atoms with E-state index in [1.165, 1.54) is 0 Å². The fraction of sp³-hybridized carbons (Fsp3) is 0.625. The van der Waals surface area contributed by atoms with Crippen LogP contribution in [0.2, 0.25) is 0 Å². The minimum absolute atomic E-state index is 0.0837. The lowest BCUT2D eigenvalue weighted by Crippen LogP contribution is -2.47. The van der Waals surface area contributed by atoms with E-state index < -0.39 is 17.8 Å². The van der Waals surface area contributed by atoms with Gasteiger partial charge in [-0.15, -0.1) is 11.3 Å². The normalized spacial score (nSPS) is 25.9. The molecule has 0 radical (unpaired) electrons. The molecule has 0 spiro atoms. The number of ether oxygens (including phenoxy) is 1. The molecule has 2 heterocycles. The molecule has 0 aromatic carbocycles. The molecule has 3 atom stereocenters. The lowest BCUT2D eigenvalue weighted by Gasteiger charge is -2.42. The third kappa shape index (κ3) is 4.39. The number of nitrogens with one attached hydrogen (secondary N) is 1. The number of rotatable bonds is 5. The molecule has 0 bridgehead atoms. The Morgan fingerprint density at radius 3 is 2.76 bits per heavy atom. The van der Waals surface area contributed by atoms with Crippen LogP contribution in [-0.2, 0) is 6.18 Å². The van der Waals surface area contributed by atoms with E-state index in [0.29, 0.717) is 34.8 Å². The van der Waals surface area contributed by atoms with Crippen LogP contribution in [0.3, 0.4) is 0 Å². The van der Waals surface area contributed by atoms with E-state index in [1.807, 2.05) is 14.0 Å². The Morgan fingerprint density at radius 1 is 1.52 bits per heavy atom. The molecule has 5 nitrogen and oxygen atoms in total. The van der Waals surface area contributed by atoms with E-state index in [1.54, 1.807) is 13.2 Å². The maximum absolute atomic E-state index is 13.1. The Hall–Kier alpha value is -1.45. The van der Waals surface area contributed by atoms with Gasteiger partial charge in [0.25, 0.3) is 0 Å². The van der Waals surface area contributed by atoms with Gasteiger partial charge in [0.1, 0.15) is 10.6 Å². The molecule has 4 N–H and O–H groups in total. The number of nitrogens with two attached hydrogens (primary N) is 1. The zero-order valence-corrected chi connectivity index (χ0v) is 15.2. The fourth-order valence-electron chi connectivity index (χ4n) is 3.26. The number of hydrogen-bond donors (Lipinski definition) is 3. The topological polar surface area (TPSA) is 70.8 Å². The summed E-state index contributed by atoms with van der Waals surface area (Å²) in [4.78, 5) is 1.93. The Bertz CT molecular complexity index is 618. The van der Waals surface area contributed by atoms with E-state index in [9.17, 15) is 13.2 Å². The Labute approximate surface area is 149 Å². The predicted octanol–water partition coefficient (Wildman–Crippen LogP) is 2.68. The molecule has 1 aliphatic heterocycles. The minimum Gasteiger partial charge on any atom is -0.467 e. The van der Waals surface area contributed by atoms with Crippen molar-refractivity contribution in [2.24, 2.45) is 5.73 Å². The number of likely N-dealkylation sites (N-methyl/N-ethyl adjacent to an activating group) is 1. The van der Waals surface area contributed by atoms with Gasteiger partial charge < -0.3 is 20.9 Å². The third-order valence-corrected chi connectivity index (χ3v) is 5.93. The van der Waals surface area contributed by atoms with E-state index in [2.05, 4.69) is 10.2 Å². The van der Waals surface area contributed by atoms with Crippen LogP contribution in [0.4, 0.5) is 13.2 Å². The largest absolute Gasteiger partial charge is 0.467 e. The van der Waals surface area contributed by atoms with Crippen LogP contribution in [0.5, 0.6) is 5.75 Å². The molecule has 0 saturated carbocycles. The van der Waals surface area contributed by atoms with Crippen LogP contribution >= 0.6 is 11.3 Å². The van der Waals surface area contributed by atoms with Gasteiger partial charge in [-0.2, -0.15) is 13.2 Å². The predicted molar refractivity (Wildman–Crippen MR) is 91.4 cm³/mol. The maximum atomic E-state index is 13.1. The molecule has 25 heavy (non-hydrogen) atoms. The second-order valence-electron chi connectivity index (χ2n) is 6.24. The average molecular weight is 379 g/mol. The number of aliphatic hydroxyl groups excluding tert-OH is 1. The van der Waals surface area contributed by atoms with E-state index in [-0.39, 0.29) is 23.8 Å². The summed E-state index contributed by atoms with van der Waals surface area (Å²) in [6.07, 6.45) is -1.45. The molecular weight excluding hydrogens is 355 g/mol. The van der Waals surface area contributed by atoms with Crippen molar-refractivity contribution in [3.63, 3.8) is 0 Å². The summed E-state index contributed by atoms with van der Waals surface area (Å²) < 4.78 is 44.3. The summed E-state index contributed by atoms with van der Waals surface area (Å²) in [5.74, 6) is -0.0147. The minimum atomic E-state index is -4.43. The van der Waals surface area contributed by atoms with Crippen LogP contribution in [-0.4, -0.2) is 43.0 Å². The van der Waals surface area contributed by atoms with Gasteiger partial charge in [0.2, 0.25) is 0 Å². The highest BCUT2D eigenvalue weighted by Gasteiger charge is 2.39. The van der Waals surface area contributed by atoms with Crippen LogP contribution in [0, 0.1) is 0 Å². The summed E-state index contributed by atoms with van der Waals surface area (Å²) in [5.41, 5.74) is 6.77. The van der Waals surface area contributed by atoms with Crippen molar-refractivity contribution in [1.29, 1.82) is 0 Å². The molecule has 2 rings (SSSR count). The quantitative estimate of drug-likeness (QED) is 0.686. The number of hydrogen-bond acceptors (Lipinski definition) is 6. The van der Waals surface area contributed by atoms with Gasteiger partial charge in [-0.3, -0.25) is 4.90 Å². The average Bonchev–Trinajstić information content (AvgIpc) is 2.94. The Morgan fingerprint density at radius 2 is 2.20 bits per heavy atom. The van der Waals surface area contributed by atoms with Crippen molar-refractivity contribution in [2.75, 3.05) is 20.9 Å². The number of nitrogens with zero attached hydrogens (tertiary/aromatic N) is 1. The van der Waals surface area contributed by atoms with Crippen molar-refractivity contribution < 1.29 is 23.0 Å². The standard InChI is InChI=1S/C16H24F3N3O2S/c1-9-4-10(5-12(22(9)3)11(20)7-21-2)15-13(24-8-23)6-14(25-15)16(17,18)19/h6-7,9-10,12,21,23H,4-5,8,20H2,1-3H3/b11-7-. The number of likely N-dealkylation sites (tertiary alicyclic amines) is 1. The molecule has 1 aromatic rings. The van der Waals surface area contributed by atoms with Crippen LogP contribution in [0.15, 0.2) is 18.0 Å². The number of piperidine rings is 1. The highest BCUT2D eigenvalue weighted by Crippen LogP contribution is 2.47. The zero-order chi connectivity index (χ0) is 18.8. The van der Waals surface area contributed by atoms with E-state index in [0.717, 1.165) is 6.07 Å². The van der Waals surface area contributed by atoms with Gasteiger partial charge in [-0.25, -0.2) is 0 Å². The SMILES string of the molecule is CN/C=C(\N)C1CC(c2sc(C(F)(F)F)cc2OCO)CC(C)N1C. The molecular formula is C16H24F3N3O2S. The van der Waals surface area contributed by atoms with Gasteiger partial charge in [0.15, 0.2) is 6.79 Å². The van der Waals surface area contributed by atoms with Crippen molar-refractivity contribution in [3.8, 4) is 5.75 Å². The first-order chi connectivity index (χ1) is 11.7. The molecule has 9 heteroatoms. The summed E-state index contributed by atoms with van der Waals surface area (Å²) in [5, 5.41) is 11.9. The third-order valence-electron chi connectivity index (χ3n) is 4.61. The highest BCUT2D eigenvalue weighted by molar-refractivity contribution is 7.12. The number of alkyl halides is 3. The molecule has 0 aliphatic carbocycles. The van der Waals surface area contributed by atoms with Crippen molar-refractivity contribution in [3.05, 3.63) is 27.7 Å². The lowest BCUT2D eigenvalue weighted by molar-refractivity contribution is -0.134. The molecule has 1 fully saturated rings. The number of halogens is 3. The van der Waals surface area contributed by atoms with Crippen molar-refractivity contribution in [1.82, 2.24) is 10.2 Å². The molecule has 142 valence electrons. The zero-order valence-electron chi connectivity index (χ0n) is 14.4. The second-order valence-corrected chi connectivity index (χ2v) is 7.33. The summed E-state index contributed by atoms with van der Waals surface area (Å²) in [7, 11) is 3.71. The van der Waals surface area contributed by atoms with Gasteiger partial charge in [0.05, 0.1) is 10.9 Å². The first kappa shape index (κ1) is 19.9. The molecule has 0 amide bonds. The maximum Gasteiger partial charge on any atom is 0.425 e. The highest BCUT2D eigenvalue weighted by atomic mass is 32.1. The Kier molecular flexibility index (Phi) is 6.23. The molecule has 1 aliphatic rings. The van der Waals surface area contributed by atoms with Gasteiger partial charge >= 0.3 is 6.18 Å². The summed E-state index contributed by atoms with van der Waals surface area (Å²) in [6, 6.07) is 1.03.